The second kappa shape index (κ2) is 5.77. The smallest absolute Gasteiger partial charge is 0.399 e. The van der Waals surface area contributed by atoms with Crippen LogP contribution in [-0.4, -0.2) is 22.9 Å². The van der Waals surface area contributed by atoms with Gasteiger partial charge in [-0.25, -0.2) is 0 Å². The number of alkyl halides is 2. The highest BCUT2D eigenvalue weighted by Gasteiger charge is 2.50. The number of hydrogen-bond donors (Lipinski definition) is 2. The lowest BCUT2D eigenvalue weighted by Crippen LogP contribution is -2.13. The summed E-state index contributed by atoms with van der Waals surface area (Å²) in [5.41, 5.74) is -4.38. The summed E-state index contributed by atoms with van der Waals surface area (Å²) in [6.07, 6.45) is 0.402. The van der Waals surface area contributed by atoms with Crippen LogP contribution in [0.1, 0.15) is 17.5 Å². The second-order valence-corrected chi connectivity index (χ2v) is 5.51. The zero-order valence-corrected chi connectivity index (χ0v) is 10.9. The number of ether oxygens (including phenoxy) is 1. The van der Waals surface area contributed by atoms with Crippen molar-refractivity contribution in [2.75, 3.05) is 7.11 Å². The predicted molar refractivity (Wildman–Crippen MR) is 62.7 cm³/mol. The largest absolute Gasteiger partial charge is 0.469 e. The van der Waals surface area contributed by atoms with Gasteiger partial charge in [0.25, 0.3) is 0 Å². The molecule has 0 unspecified atom stereocenters. The number of benzene rings is 1. The van der Waals surface area contributed by atoms with Gasteiger partial charge in [0.05, 0.1) is 7.11 Å². The van der Waals surface area contributed by atoms with Gasteiger partial charge in [-0.3, -0.25) is 9.36 Å². The molecule has 0 aliphatic carbocycles. The Bertz CT molecular complexity index is 494. The van der Waals surface area contributed by atoms with Crippen LogP contribution >= 0.6 is 7.60 Å². The van der Waals surface area contributed by atoms with Gasteiger partial charge in [-0.05, 0) is 12.0 Å². The molecule has 0 aliphatic rings. The van der Waals surface area contributed by atoms with E-state index in [1.165, 1.54) is 19.2 Å². The van der Waals surface area contributed by atoms with E-state index in [1.807, 2.05) is 0 Å². The molecule has 0 bridgehead atoms. The van der Waals surface area contributed by atoms with Gasteiger partial charge in [0.1, 0.15) is 0 Å². The maximum Gasteiger partial charge on any atom is 0.399 e. The summed E-state index contributed by atoms with van der Waals surface area (Å²) in [4.78, 5) is 28.0. The first-order valence-corrected chi connectivity index (χ1v) is 6.89. The maximum absolute atomic E-state index is 13.3. The molecule has 1 aromatic carbocycles. The number of aryl methyl sites for hydroxylation is 1. The van der Waals surface area contributed by atoms with Crippen LogP contribution < -0.4 is 0 Å². The highest BCUT2D eigenvalue weighted by molar-refractivity contribution is 7.52. The fraction of sp³-hybridized carbons (Fsp3) is 0.364. The van der Waals surface area contributed by atoms with Crippen LogP contribution in [0, 0.1) is 0 Å². The van der Waals surface area contributed by atoms with Crippen molar-refractivity contribution >= 4 is 13.6 Å². The van der Waals surface area contributed by atoms with E-state index in [9.17, 15) is 18.1 Å². The molecule has 8 heteroatoms. The highest BCUT2D eigenvalue weighted by Crippen LogP contribution is 2.59. The molecule has 0 radical (unpaired) electrons. The third-order valence-electron chi connectivity index (χ3n) is 2.51. The number of carbonyl (C=O) groups excluding carboxylic acids is 1. The first-order chi connectivity index (χ1) is 8.68. The third-order valence-corrected chi connectivity index (χ3v) is 3.50. The summed E-state index contributed by atoms with van der Waals surface area (Å²) in [6.45, 7) is 0. The molecule has 0 spiro atoms. The summed E-state index contributed by atoms with van der Waals surface area (Å²) in [5, 5.41) is 0. The summed E-state index contributed by atoms with van der Waals surface area (Å²) in [5.74, 6) is -0.426. The normalized spacial score (nSPS) is 12.3. The Morgan fingerprint density at radius 3 is 2.26 bits per heavy atom. The quantitative estimate of drug-likeness (QED) is 0.641. The van der Waals surface area contributed by atoms with Crippen molar-refractivity contribution < 1.29 is 32.7 Å². The Morgan fingerprint density at radius 1 is 1.32 bits per heavy atom. The summed E-state index contributed by atoms with van der Waals surface area (Å²) < 4.78 is 41.8. The fourth-order valence-electron chi connectivity index (χ4n) is 1.39. The van der Waals surface area contributed by atoms with E-state index in [4.69, 9.17) is 9.79 Å². The highest BCUT2D eigenvalue weighted by atomic mass is 31.2. The van der Waals surface area contributed by atoms with Crippen molar-refractivity contribution in [3.8, 4) is 0 Å². The second-order valence-electron chi connectivity index (χ2n) is 3.86. The standard InChI is InChI=1S/C11H13F2O5P/c1-18-10(14)7-4-8-2-5-9(6-3-8)11(12,13)19(15,16)17/h2-3,5-6H,4,7H2,1H3,(H2,15,16,17). The van der Waals surface area contributed by atoms with Crippen molar-refractivity contribution in [3.63, 3.8) is 0 Å². The van der Waals surface area contributed by atoms with Gasteiger partial charge in [-0.1, -0.05) is 24.3 Å². The molecule has 1 aromatic rings. The molecule has 1 rings (SSSR count). The van der Waals surface area contributed by atoms with E-state index in [0.29, 0.717) is 12.0 Å². The molecule has 0 amide bonds. The number of hydrogen-bond acceptors (Lipinski definition) is 3. The van der Waals surface area contributed by atoms with Gasteiger partial charge in [0.2, 0.25) is 0 Å². The molecule has 0 heterocycles. The zero-order valence-electron chi connectivity index (χ0n) is 10.0. The number of rotatable bonds is 5. The Labute approximate surface area is 108 Å². The molecule has 0 saturated heterocycles. The van der Waals surface area contributed by atoms with Crippen molar-refractivity contribution in [2.24, 2.45) is 0 Å². The van der Waals surface area contributed by atoms with Crippen molar-refractivity contribution in [1.29, 1.82) is 0 Å². The summed E-state index contributed by atoms with van der Waals surface area (Å²) in [7, 11) is -4.31. The van der Waals surface area contributed by atoms with Crippen LogP contribution in [-0.2, 0) is 26.2 Å². The van der Waals surface area contributed by atoms with Gasteiger partial charge in [-0.2, -0.15) is 8.78 Å². The number of esters is 1. The van der Waals surface area contributed by atoms with Gasteiger partial charge in [0.15, 0.2) is 0 Å². The van der Waals surface area contributed by atoms with Gasteiger partial charge in [-0.15, -0.1) is 0 Å². The molecule has 2 N–H and O–H groups in total. The minimum absolute atomic E-state index is 0.102. The van der Waals surface area contributed by atoms with Crippen LogP contribution in [0.4, 0.5) is 8.78 Å². The van der Waals surface area contributed by atoms with E-state index in [2.05, 4.69) is 4.74 Å². The lowest BCUT2D eigenvalue weighted by atomic mass is 10.1. The average Bonchev–Trinajstić information content (AvgIpc) is 2.35. The van der Waals surface area contributed by atoms with Crippen LogP contribution in [0.2, 0.25) is 0 Å². The van der Waals surface area contributed by atoms with Crippen LogP contribution in [0.5, 0.6) is 0 Å². The molecule has 19 heavy (non-hydrogen) atoms. The van der Waals surface area contributed by atoms with Crippen LogP contribution in [0.3, 0.4) is 0 Å². The molecular formula is C11H13F2O5P. The van der Waals surface area contributed by atoms with Gasteiger partial charge < -0.3 is 14.5 Å². The summed E-state index contributed by atoms with van der Waals surface area (Å²) in [6, 6.07) is 4.46. The molecule has 0 aromatic heterocycles. The molecule has 0 fully saturated rings. The number of carbonyl (C=O) groups is 1. The Balaban J connectivity index is 2.82. The zero-order chi connectivity index (χ0) is 14.7. The molecule has 0 aliphatic heterocycles. The number of halogens is 2. The minimum Gasteiger partial charge on any atom is -0.469 e. The molecule has 0 saturated carbocycles. The molecule has 5 nitrogen and oxygen atoms in total. The molecular weight excluding hydrogens is 281 g/mol. The Morgan fingerprint density at radius 2 is 1.84 bits per heavy atom. The van der Waals surface area contributed by atoms with E-state index >= 15 is 0 Å². The number of methoxy groups -OCH3 is 1. The summed E-state index contributed by atoms with van der Waals surface area (Å²) >= 11 is 0. The molecule has 0 atom stereocenters. The van der Waals surface area contributed by atoms with Crippen molar-refractivity contribution in [2.45, 2.75) is 18.5 Å². The predicted octanol–water partition coefficient (Wildman–Crippen LogP) is 2.02. The minimum atomic E-state index is -5.55. The average molecular weight is 294 g/mol. The monoisotopic (exact) mass is 294 g/mol. The topological polar surface area (TPSA) is 83.8 Å². The van der Waals surface area contributed by atoms with Crippen molar-refractivity contribution in [3.05, 3.63) is 35.4 Å². The SMILES string of the molecule is COC(=O)CCc1ccc(C(F)(F)P(=O)(O)O)cc1. The fourth-order valence-corrected chi connectivity index (χ4v) is 1.87. The van der Waals surface area contributed by atoms with E-state index < -0.39 is 24.8 Å². The lowest BCUT2D eigenvalue weighted by Gasteiger charge is -2.18. The Kier molecular flexibility index (Phi) is 4.79. The van der Waals surface area contributed by atoms with Gasteiger partial charge in [0, 0.05) is 12.0 Å². The maximum atomic E-state index is 13.3. The van der Waals surface area contributed by atoms with Crippen LogP contribution in [0.15, 0.2) is 24.3 Å². The van der Waals surface area contributed by atoms with E-state index in [0.717, 1.165) is 12.1 Å². The van der Waals surface area contributed by atoms with Crippen molar-refractivity contribution in [1.82, 2.24) is 0 Å². The first kappa shape index (κ1) is 15.8. The van der Waals surface area contributed by atoms with E-state index in [-0.39, 0.29) is 6.42 Å². The first-order valence-electron chi connectivity index (χ1n) is 5.28. The van der Waals surface area contributed by atoms with Crippen LogP contribution in [0.25, 0.3) is 0 Å². The Hall–Kier alpha value is -1.30. The third kappa shape index (κ3) is 3.83. The lowest BCUT2D eigenvalue weighted by molar-refractivity contribution is -0.140. The van der Waals surface area contributed by atoms with E-state index in [1.54, 1.807) is 0 Å². The molecule has 106 valence electrons. The van der Waals surface area contributed by atoms with Gasteiger partial charge >= 0.3 is 19.2 Å².